The number of unbranched alkanes of at least 4 members (excludes halogenated alkanes) is 26. The van der Waals surface area contributed by atoms with E-state index in [-0.39, 0.29) is 12.8 Å². The molecule has 7 aliphatic rings. The van der Waals surface area contributed by atoms with Gasteiger partial charge in [0.1, 0.15) is 165 Å². The third-order valence-electron chi connectivity index (χ3n) is 24.8. The van der Waals surface area contributed by atoms with Crippen LogP contribution in [-0.2, 0) is 80.7 Å². The molecule has 7 fully saturated rings. The number of carboxylic acids is 1. The maximum absolute atomic E-state index is 14.2. The SMILES string of the molecule is CCCCCCCCCCCCCCCCCCCC[C@@H](O)C(=O)N[C@@H](CO[C@@H]1OC(CO)[C@@H](O[C@@H]2OC(CO)[C@H](O)C(O[C@]3(C(=O)O)C[C@@H](O[C@@H]4OC(CO[C@@H]5OC(CO)[C@H](O)C(O[C@@H]6O[C@@H](CO)C(O)C6O)C5O)[C@H](O)C(O[C@@H]5O[C@@H](CO)C(O)C5O)C4O)[C@@H](NC(C)=O)C(C(O)C(O)CO)O3)C2O)C(O)C1O)[C@H](O)[C@H](O)CCCCCCCCCCCC. The Morgan fingerprint density at radius 1 is 0.397 bits per heavy atom. The van der Waals surface area contributed by atoms with E-state index < -0.39 is 310 Å². The molecule has 0 aromatic rings. The van der Waals surface area contributed by atoms with Crippen LogP contribution in [0.3, 0.4) is 0 Å². The Balaban J connectivity index is 1.07. The second-order valence-corrected chi connectivity index (χ2v) is 34.6. The highest BCUT2D eigenvalue weighted by atomic mass is 16.8. The van der Waals surface area contributed by atoms with Crippen molar-refractivity contribution in [1.82, 2.24) is 10.6 Å². The standard InChI is InChI=1S/C83H150N2O41/c1-4-6-8-10-12-14-16-17-18-19-20-21-22-23-25-27-29-31-33-46(94)75(110)85-44(56(96)45(93)32-30-28-26-24-15-13-11-9-7-5-2)41-113-76-66(106)63(103)70(53(40-91)120-76)122-81-69(109)74(61(101)52(39-90)119-81)126-83(82(111)112)34-48(55(84-43(3)92)71(125-83)57(97)47(95)35-86)115-80-68(108)73(124-79-65(105)59(99)50(37-88)118-79)62(102)54(121-80)42-114-77-67(107)72(60(100)51(38-89)116-77)123-78-64(104)58(98)49(36-87)117-78/h44-74,76-81,86-91,93-109H,4-42H2,1-3H3,(H,84,92)(H,85,110)(H,111,112)/t44-,45+,46+,47?,48+,49-,50-,51?,52?,53?,54?,55+,56-,57?,58?,59?,60-,61-,62-,63?,64?,65?,66?,67?,68?,69?,70+,71?,72?,73?,74?,76+,77+,78-,79-,80+,81-,83-/m0/s1. The Labute approximate surface area is 734 Å². The third kappa shape index (κ3) is 31.2. The lowest BCUT2D eigenvalue weighted by atomic mass is 9.87. The zero-order valence-electron chi connectivity index (χ0n) is 72.6. The molecule has 0 aromatic carbocycles. The first kappa shape index (κ1) is 110. The minimum absolute atomic E-state index is 0.0621. The largest absolute Gasteiger partial charge is 0.477 e. The Morgan fingerprint density at radius 3 is 1.21 bits per heavy atom. The summed E-state index contributed by atoms with van der Waals surface area (Å²) in [7, 11) is 0. The zero-order valence-corrected chi connectivity index (χ0v) is 72.6. The summed E-state index contributed by atoms with van der Waals surface area (Å²) < 4.78 is 81.8. The molecule has 0 saturated carbocycles. The van der Waals surface area contributed by atoms with Gasteiger partial charge in [-0.3, -0.25) is 9.59 Å². The summed E-state index contributed by atoms with van der Waals surface area (Å²) >= 11 is 0. The van der Waals surface area contributed by atoms with E-state index in [1.807, 2.05) is 0 Å². The topological polar surface area (TPSA) is 690 Å². The molecule has 0 aromatic heterocycles. The van der Waals surface area contributed by atoms with Crippen LogP contribution in [0.5, 0.6) is 0 Å². The number of aliphatic hydroxyl groups is 23. The fourth-order valence-electron chi connectivity index (χ4n) is 17.0. The second kappa shape index (κ2) is 56.3. The first-order valence-electron chi connectivity index (χ1n) is 45.5. The minimum atomic E-state index is -3.56. The third-order valence-corrected chi connectivity index (χ3v) is 24.8. The molecule has 0 aliphatic carbocycles. The maximum atomic E-state index is 14.2. The molecule has 2 amide bonds. The summed E-state index contributed by atoms with van der Waals surface area (Å²) in [4.78, 5) is 41.3. The molecule has 7 rings (SSSR count). The molecule has 0 radical (unpaired) electrons. The summed E-state index contributed by atoms with van der Waals surface area (Å²) in [6.45, 7) is -2.99. The van der Waals surface area contributed by atoms with E-state index in [9.17, 15) is 137 Å². The maximum Gasteiger partial charge on any atom is 0.364 e. The van der Waals surface area contributed by atoms with Crippen LogP contribution in [0.15, 0.2) is 0 Å². The van der Waals surface area contributed by atoms with Gasteiger partial charge in [-0.1, -0.05) is 194 Å². The number of hydrogen-bond donors (Lipinski definition) is 26. The lowest BCUT2D eigenvalue weighted by Gasteiger charge is -2.52. The average Bonchev–Trinajstić information content (AvgIpc) is 0.924. The van der Waals surface area contributed by atoms with Gasteiger partial charge in [-0.25, -0.2) is 4.79 Å². The molecule has 0 bridgehead atoms. The van der Waals surface area contributed by atoms with Gasteiger partial charge in [-0.2, -0.15) is 0 Å². The van der Waals surface area contributed by atoms with Gasteiger partial charge in [0.25, 0.3) is 5.79 Å². The molecule has 7 saturated heterocycles. The van der Waals surface area contributed by atoms with Crippen LogP contribution in [0.1, 0.15) is 220 Å². The Morgan fingerprint density at radius 2 is 0.762 bits per heavy atom. The number of nitrogens with one attached hydrogen (secondary N) is 2. The number of amides is 2. The molecule has 7 heterocycles. The summed E-state index contributed by atoms with van der Waals surface area (Å²) in [5.74, 6) is -7.75. The van der Waals surface area contributed by atoms with Crippen molar-refractivity contribution in [3.8, 4) is 0 Å². The predicted molar refractivity (Wildman–Crippen MR) is 432 cm³/mol. The number of rotatable bonds is 60. The Hall–Kier alpha value is -3.07. The minimum Gasteiger partial charge on any atom is -0.477 e. The van der Waals surface area contributed by atoms with E-state index in [0.29, 0.717) is 12.8 Å². The molecule has 7 aliphatic heterocycles. The smallest absolute Gasteiger partial charge is 0.364 e. The number of ether oxygens (including phenoxy) is 14. The van der Waals surface area contributed by atoms with Crippen LogP contribution in [0.2, 0.25) is 0 Å². The lowest BCUT2D eigenvalue weighted by Crippen LogP contribution is -2.72. The lowest BCUT2D eigenvalue weighted by molar-refractivity contribution is -0.394. The van der Waals surface area contributed by atoms with Gasteiger partial charge >= 0.3 is 5.97 Å². The molecule has 0 spiro atoms. The number of hydrogen-bond acceptors (Lipinski definition) is 40. The van der Waals surface area contributed by atoms with Crippen molar-refractivity contribution >= 4 is 17.8 Å². The van der Waals surface area contributed by atoms with Crippen LogP contribution < -0.4 is 10.6 Å². The van der Waals surface area contributed by atoms with Gasteiger partial charge in [-0.15, -0.1) is 0 Å². The van der Waals surface area contributed by atoms with Crippen LogP contribution in [0.4, 0.5) is 0 Å². The molecule has 19 unspecified atom stereocenters. The van der Waals surface area contributed by atoms with Crippen molar-refractivity contribution < 1.29 is 203 Å². The monoisotopic (exact) mass is 1830 g/mol. The predicted octanol–water partition coefficient (Wildman–Crippen LogP) is -5.31. The second-order valence-electron chi connectivity index (χ2n) is 34.6. The number of carboxylic acid groups (broad SMARTS) is 1. The van der Waals surface area contributed by atoms with Crippen LogP contribution in [0.25, 0.3) is 0 Å². The summed E-state index contributed by atoms with van der Waals surface area (Å²) in [6, 6.07) is -3.54. The van der Waals surface area contributed by atoms with Crippen LogP contribution in [-0.4, -0.2) is 426 Å². The number of carbonyl (C=O) groups excluding carboxylic acids is 2. The molecule has 126 heavy (non-hydrogen) atoms. The van der Waals surface area contributed by atoms with E-state index in [1.165, 1.54) is 89.9 Å². The van der Waals surface area contributed by atoms with Crippen molar-refractivity contribution in [3.63, 3.8) is 0 Å². The fraction of sp³-hybridized carbons (Fsp3) is 0.964. The van der Waals surface area contributed by atoms with E-state index in [4.69, 9.17) is 66.3 Å². The van der Waals surface area contributed by atoms with Crippen molar-refractivity contribution in [1.29, 1.82) is 0 Å². The van der Waals surface area contributed by atoms with Gasteiger partial charge in [0.2, 0.25) is 11.8 Å². The van der Waals surface area contributed by atoms with Gasteiger partial charge in [-0.05, 0) is 12.8 Å². The summed E-state index contributed by atoms with van der Waals surface area (Å²) in [5.41, 5.74) is 0. The van der Waals surface area contributed by atoms with E-state index in [1.54, 1.807) is 0 Å². The average molecular weight is 1830 g/mol. The summed E-state index contributed by atoms with van der Waals surface area (Å²) in [5, 5.41) is 273. The van der Waals surface area contributed by atoms with Gasteiger partial charge in [0.15, 0.2) is 37.7 Å². The van der Waals surface area contributed by atoms with Gasteiger partial charge in [0, 0.05) is 13.3 Å². The highest BCUT2D eigenvalue weighted by molar-refractivity contribution is 5.80. The number of carbonyl (C=O) groups is 3. The molecule has 26 N–H and O–H groups in total. The van der Waals surface area contributed by atoms with Crippen molar-refractivity contribution in [3.05, 3.63) is 0 Å². The number of aliphatic carboxylic acids is 1. The van der Waals surface area contributed by atoms with Crippen LogP contribution >= 0.6 is 0 Å². The highest BCUT2D eigenvalue weighted by Crippen LogP contribution is 2.43. The van der Waals surface area contributed by atoms with E-state index in [0.717, 1.165) is 84.0 Å². The Bertz CT molecular complexity index is 2990. The highest BCUT2D eigenvalue weighted by Gasteiger charge is 2.63. The first-order chi connectivity index (χ1) is 60.3. The van der Waals surface area contributed by atoms with Crippen molar-refractivity contribution in [2.75, 3.05) is 52.9 Å². The fourth-order valence-corrected chi connectivity index (χ4v) is 17.0. The Kier molecular flexibility index (Phi) is 49.1. The molecular weight excluding hydrogens is 1680 g/mol. The zero-order chi connectivity index (χ0) is 92.5. The van der Waals surface area contributed by atoms with Crippen molar-refractivity contribution in [2.24, 2.45) is 0 Å². The van der Waals surface area contributed by atoms with Crippen LogP contribution in [0, 0.1) is 0 Å². The van der Waals surface area contributed by atoms with E-state index >= 15 is 0 Å². The van der Waals surface area contributed by atoms with Gasteiger partial charge in [0.05, 0.1) is 77.1 Å². The number of aliphatic hydroxyl groups excluding tert-OH is 23. The van der Waals surface area contributed by atoms with E-state index in [2.05, 4.69) is 24.5 Å². The molecule has 43 nitrogen and oxygen atoms in total. The summed E-state index contributed by atoms with van der Waals surface area (Å²) in [6.07, 6.45) is -42.8. The normalized spacial score (nSPS) is 37.7. The quantitative estimate of drug-likeness (QED) is 0.0253. The first-order valence-corrected chi connectivity index (χ1v) is 45.5. The molecule has 38 atom stereocenters. The van der Waals surface area contributed by atoms with Crippen molar-refractivity contribution in [2.45, 2.75) is 452 Å². The van der Waals surface area contributed by atoms with Gasteiger partial charge < -0.3 is 200 Å². The molecule has 43 heteroatoms. The molecule has 738 valence electrons. The molecular formula is C83H150N2O41.